The number of amides is 1. The lowest BCUT2D eigenvalue weighted by atomic mass is 10.2. The summed E-state index contributed by atoms with van der Waals surface area (Å²) in [6, 6.07) is 13.0. The molecule has 0 aliphatic rings. The van der Waals surface area contributed by atoms with Crippen molar-refractivity contribution in [1.29, 1.82) is 0 Å². The number of aliphatic carboxylic acids is 1. The lowest BCUT2D eigenvalue weighted by molar-refractivity contribution is -0.139. The van der Waals surface area contributed by atoms with Crippen molar-refractivity contribution < 1.29 is 28.6 Å². The number of ether oxygens (including phenoxy) is 2. The second kappa shape index (κ2) is 10.2. The van der Waals surface area contributed by atoms with Gasteiger partial charge in [0, 0.05) is 20.0 Å². The number of nitrogens with zero attached hydrogens (tertiary/aromatic N) is 1. The van der Waals surface area contributed by atoms with Gasteiger partial charge in [0.1, 0.15) is 5.75 Å². The summed E-state index contributed by atoms with van der Waals surface area (Å²) in [6.45, 7) is 0.287. The minimum absolute atomic E-state index is 0.0432. The van der Waals surface area contributed by atoms with Crippen LogP contribution in [-0.2, 0) is 16.1 Å². The minimum atomic E-state index is -1.04. The maximum Gasteiger partial charge on any atom is 0.341 e. The van der Waals surface area contributed by atoms with Crippen molar-refractivity contribution >= 4 is 11.9 Å². The van der Waals surface area contributed by atoms with E-state index in [1.165, 1.54) is 6.07 Å². The smallest absolute Gasteiger partial charge is 0.341 e. The zero-order valence-corrected chi connectivity index (χ0v) is 15.1. The molecule has 27 heavy (non-hydrogen) atoms. The van der Waals surface area contributed by atoms with Crippen LogP contribution in [0.15, 0.2) is 48.5 Å². The van der Waals surface area contributed by atoms with Gasteiger partial charge in [0.05, 0.1) is 6.61 Å². The predicted molar refractivity (Wildman–Crippen MR) is 97.2 cm³/mol. The summed E-state index contributed by atoms with van der Waals surface area (Å²) in [5, 5.41) is 8.58. The van der Waals surface area contributed by atoms with Gasteiger partial charge >= 0.3 is 5.97 Å². The third kappa shape index (κ3) is 6.97. The van der Waals surface area contributed by atoms with Crippen molar-refractivity contribution in [3.63, 3.8) is 0 Å². The molecule has 0 fully saturated rings. The van der Waals surface area contributed by atoms with E-state index in [1.807, 2.05) is 0 Å². The number of rotatable bonds is 10. The summed E-state index contributed by atoms with van der Waals surface area (Å²) in [7, 11) is 1.70. The Morgan fingerprint density at radius 3 is 2.44 bits per heavy atom. The van der Waals surface area contributed by atoms with Crippen LogP contribution >= 0.6 is 0 Å². The molecule has 0 spiro atoms. The molecule has 0 bridgehead atoms. The van der Waals surface area contributed by atoms with Crippen molar-refractivity contribution in [3.05, 3.63) is 59.9 Å². The first-order chi connectivity index (χ1) is 13.0. The zero-order chi connectivity index (χ0) is 19.6. The topological polar surface area (TPSA) is 76.1 Å². The average Bonchev–Trinajstić information content (AvgIpc) is 2.65. The van der Waals surface area contributed by atoms with Crippen LogP contribution in [-0.4, -0.2) is 42.1 Å². The molecule has 0 atom stereocenters. The molecule has 0 aromatic heterocycles. The van der Waals surface area contributed by atoms with E-state index in [9.17, 15) is 14.0 Å². The highest BCUT2D eigenvalue weighted by atomic mass is 19.1. The van der Waals surface area contributed by atoms with Gasteiger partial charge in [-0.3, -0.25) is 4.79 Å². The van der Waals surface area contributed by atoms with Crippen molar-refractivity contribution in [1.82, 2.24) is 4.90 Å². The SMILES string of the molecule is CN(Cc1ccc(OCC(=O)O)cc1)C(=O)CCCOc1ccccc1F. The van der Waals surface area contributed by atoms with Gasteiger partial charge in [0.15, 0.2) is 18.2 Å². The second-order valence-corrected chi connectivity index (χ2v) is 5.96. The Labute approximate surface area is 157 Å². The van der Waals surface area contributed by atoms with E-state index in [0.29, 0.717) is 25.1 Å². The molecular formula is C20H22FNO5. The Morgan fingerprint density at radius 2 is 1.78 bits per heavy atom. The van der Waals surface area contributed by atoms with Crippen LogP contribution in [0.1, 0.15) is 18.4 Å². The van der Waals surface area contributed by atoms with E-state index >= 15 is 0 Å². The van der Waals surface area contributed by atoms with Crippen LogP contribution in [0.4, 0.5) is 4.39 Å². The summed E-state index contributed by atoms with van der Waals surface area (Å²) < 4.78 is 23.8. The molecule has 2 rings (SSSR count). The number of carboxylic acids is 1. The van der Waals surface area contributed by atoms with E-state index in [-0.39, 0.29) is 18.3 Å². The highest BCUT2D eigenvalue weighted by Gasteiger charge is 2.10. The van der Waals surface area contributed by atoms with E-state index in [1.54, 1.807) is 54.4 Å². The molecule has 2 aromatic carbocycles. The van der Waals surface area contributed by atoms with Gasteiger partial charge in [-0.2, -0.15) is 0 Å². The molecule has 1 amide bonds. The fraction of sp³-hybridized carbons (Fsp3) is 0.300. The first-order valence-electron chi connectivity index (χ1n) is 8.50. The lowest BCUT2D eigenvalue weighted by Crippen LogP contribution is -2.26. The predicted octanol–water partition coefficient (Wildman–Crippen LogP) is 3.11. The van der Waals surface area contributed by atoms with Crippen LogP contribution in [0.25, 0.3) is 0 Å². The van der Waals surface area contributed by atoms with E-state index < -0.39 is 18.4 Å². The Balaban J connectivity index is 1.71. The molecule has 0 heterocycles. The highest BCUT2D eigenvalue weighted by molar-refractivity contribution is 5.75. The fourth-order valence-electron chi connectivity index (χ4n) is 2.36. The number of halogens is 1. The van der Waals surface area contributed by atoms with E-state index in [0.717, 1.165) is 5.56 Å². The highest BCUT2D eigenvalue weighted by Crippen LogP contribution is 2.16. The normalized spacial score (nSPS) is 10.3. The third-order valence-corrected chi connectivity index (χ3v) is 3.76. The molecule has 0 aliphatic carbocycles. The maximum absolute atomic E-state index is 13.4. The molecular weight excluding hydrogens is 353 g/mol. The Kier molecular flexibility index (Phi) is 7.61. The number of benzene rings is 2. The van der Waals surface area contributed by atoms with Gasteiger partial charge in [-0.15, -0.1) is 0 Å². The van der Waals surface area contributed by atoms with E-state index in [2.05, 4.69) is 0 Å². The summed E-state index contributed by atoms with van der Waals surface area (Å²) in [5.41, 5.74) is 0.899. The molecule has 1 N–H and O–H groups in total. The van der Waals surface area contributed by atoms with Crippen molar-refractivity contribution in [3.8, 4) is 11.5 Å². The molecule has 0 saturated heterocycles. The Bertz CT molecular complexity index is 763. The molecule has 2 aromatic rings. The monoisotopic (exact) mass is 375 g/mol. The zero-order valence-electron chi connectivity index (χ0n) is 15.1. The molecule has 7 heteroatoms. The van der Waals surface area contributed by atoms with Crippen molar-refractivity contribution in [2.45, 2.75) is 19.4 Å². The van der Waals surface area contributed by atoms with Gasteiger partial charge in [0.25, 0.3) is 0 Å². The Morgan fingerprint density at radius 1 is 1.07 bits per heavy atom. The fourth-order valence-corrected chi connectivity index (χ4v) is 2.36. The molecule has 0 saturated carbocycles. The van der Waals surface area contributed by atoms with Crippen molar-refractivity contribution in [2.75, 3.05) is 20.3 Å². The lowest BCUT2D eigenvalue weighted by Gasteiger charge is -2.17. The first-order valence-corrected chi connectivity index (χ1v) is 8.50. The number of hydrogen-bond donors (Lipinski definition) is 1. The molecule has 144 valence electrons. The van der Waals surface area contributed by atoms with Crippen LogP contribution in [0.2, 0.25) is 0 Å². The molecule has 0 unspecified atom stereocenters. The molecule has 0 radical (unpaired) electrons. The largest absolute Gasteiger partial charge is 0.491 e. The summed E-state index contributed by atoms with van der Waals surface area (Å²) in [6.07, 6.45) is 0.782. The van der Waals surface area contributed by atoms with Crippen molar-refractivity contribution in [2.24, 2.45) is 0 Å². The van der Waals surface area contributed by atoms with Gasteiger partial charge in [-0.05, 0) is 36.2 Å². The Hall–Kier alpha value is -3.09. The number of carboxylic acid groups (broad SMARTS) is 1. The quantitative estimate of drug-likeness (QED) is 0.646. The molecule has 6 nitrogen and oxygen atoms in total. The van der Waals surface area contributed by atoms with Crippen LogP contribution in [0.3, 0.4) is 0 Å². The van der Waals surface area contributed by atoms with Crippen LogP contribution in [0.5, 0.6) is 11.5 Å². The minimum Gasteiger partial charge on any atom is -0.491 e. The molecule has 0 aliphatic heterocycles. The average molecular weight is 375 g/mol. The van der Waals surface area contributed by atoms with Crippen LogP contribution < -0.4 is 9.47 Å². The maximum atomic E-state index is 13.4. The number of carbonyl (C=O) groups is 2. The second-order valence-electron chi connectivity index (χ2n) is 5.96. The first kappa shape index (κ1) is 20.2. The van der Waals surface area contributed by atoms with Gasteiger partial charge < -0.3 is 19.5 Å². The third-order valence-electron chi connectivity index (χ3n) is 3.76. The van der Waals surface area contributed by atoms with Gasteiger partial charge in [-0.25, -0.2) is 9.18 Å². The van der Waals surface area contributed by atoms with Gasteiger partial charge in [0.2, 0.25) is 5.91 Å². The number of carbonyl (C=O) groups excluding carboxylic acids is 1. The summed E-state index contributed by atoms with van der Waals surface area (Å²) in [5.74, 6) is -0.859. The standard InChI is InChI=1S/C20H22FNO5/c1-22(13-15-8-10-16(11-9-15)27-14-20(24)25)19(23)7-4-12-26-18-6-3-2-5-17(18)21/h2-3,5-6,8-11H,4,7,12-14H2,1H3,(H,24,25). The summed E-state index contributed by atoms with van der Waals surface area (Å²) in [4.78, 5) is 24.2. The number of hydrogen-bond acceptors (Lipinski definition) is 4. The summed E-state index contributed by atoms with van der Waals surface area (Å²) >= 11 is 0. The van der Waals surface area contributed by atoms with Crippen LogP contribution in [0, 0.1) is 5.82 Å². The van der Waals surface area contributed by atoms with E-state index in [4.69, 9.17) is 14.6 Å². The van der Waals surface area contributed by atoms with Gasteiger partial charge in [-0.1, -0.05) is 24.3 Å². The number of para-hydroxylation sites is 1.